The minimum Gasteiger partial charge on any atom is -0.508 e. The third-order valence-corrected chi connectivity index (χ3v) is 2.75. The molecule has 0 unspecified atom stereocenters. The number of aromatic hydroxyl groups is 1. The first-order valence-electron chi connectivity index (χ1n) is 5.64. The average molecular weight is 226 g/mol. The minimum atomic E-state index is 0.00227. The number of carbonyl (C=O) groups excluding carboxylic acids is 1. The van der Waals surface area contributed by atoms with Gasteiger partial charge in [-0.2, -0.15) is 0 Å². The Bertz CT molecular complexity index is 530. The zero-order chi connectivity index (χ0) is 12.3. The molecule has 0 spiro atoms. The number of phenolic OH excluding ortho intramolecular Hbond substituents is 1. The molecule has 0 fully saturated rings. The number of phenols is 1. The second kappa shape index (κ2) is 4.83. The van der Waals surface area contributed by atoms with Crippen LogP contribution in [0.5, 0.6) is 5.75 Å². The van der Waals surface area contributed by atoms with Gasteiger partial charge in [-0.15, -0.1) is 0 Å². The Morgan fingerprint density at radius 1 is 1.12 bits per heavy atom. The lowest BCUT2D eigenvalue weighted by Crippen LogP contribution is -2.04. The highest BCUT2D eigenvalue weighted by molar-refractivity contribution is 6.09. The SMILES string of the molecule is CCc1cc(O)ccc1C(=O)c1ccccc1. The van der Waals surface area contributed by atoms with Gasteiger partial charge in [0.1, 0.15) is 5.75 Å². The van der Waals surface area contributed by atoms with E-state index in [1.807, 2.05) is 25.1 Å². The van der Waals surface area contributed by atoms with Crippen LogP contribution in [0.2, 0.25) is 0 Å². The van der Waals surface area contributed by atoms with Crippen molar-refractivity contribution in [3.8, 4) is 5.75 Å². The zero-order valence-electron chi connectivity index (χ0n) is 9.68. The fraction of sp³-hybridized carbons (Fsp3) is 0.133. The number of ketones is 1. The molecule has 0 amide bonds. The van der Waals surface area contributed by atoms with Crippen molar-refractivity contribution in [2.75, 3.05) is 0 Å². The van der Waals surface area contributed by atoms with Gasteiger partial charge in [0, 0.05) is 11.1 Å². The van der Waals surface area contributed by atoms with Crippen LogP contribution >= 0.6 is 0 Å². The van der Waals surface area contributed by atoms with Crippen LogP contribution in [0.15, 0.2) is 48.5 Å². The Labute approximate surface area is 101 Å². The molecule has 0 heterocycles. The lowest BCUT2D eigenvalue weighted by atomic mass is 9.97. The first-order valence-corrected chi connectivity index (χ1v) is 5.64. The second-order valence-corrected chi connectivity index (χ2v) is 3.89. The summed E-state index contributed by atoms with van der Waals surface area (Å²) in [7, 11) is 0. The van der Waals surface area contributed by atoms with E-state index < -0.39 is 0 Å². The molecule has 0 saturated carbocycles. The Balaban J connectivity index is 2.44. The van der Waals surface area contributed by atoms with Crippen LogP contribution in [-0.4, -0.2) is 10.9 Å². The molecule has 2 aromatic rings. The van der Waals surface area contributed by atoms with Gasteiger partial charge in [0.05, 0.1) is 0 Å². The van der Waals surface area contributed by atoms with Crippen molar-refractivity contribution in [1.82, 2.24) is 0 Å². The topological polar surface area (TPSA) is 37.3 Å². The molecule has 2 rings (SSSR count). The van der Waals surface area contributed by atoms with Gasteiger partial charge in [-0.1, -0.05) is 37.3 Å². The highest BCUT2D eigenvalue weighted by Crippen LogP contribution is 2.20. The zero-order valence-corrected chi connectivity index (χ0v) is 9.68. The number of hydrogen-bond acceptors (Lipinski definition) is 2. The van der Waals surface area contributed by atoms with Crippen LogP contribution in [-0.2, 0) is 6.42 Å². The molecule has 0 aliphatic rings. The predicted molar refractivity (Wildman–Crippen MR) is 67.4 cm³/mol. The van der Waals surface area contributed by atoms with E-state index in [1.54, 1.807) is 30.3 Å². The van der Waals surface area contributed by atoms with Gasteiger partial charge in [0.25, 0.3) is 0 Å². The minimum absolute atomic E-state index is 0.00227. The van der Waals surface area contributed by atoms with Gasteiger partial charge in [0.2, 0.25) is 0 Å². The van der Waals surface area contributed by atoms with Crippen molar-refractivity contribution < 1.29 is 9.90 Å². The van der Waals surface area contributed by atoms with E-state index in [0.717, 1.165) is 12.0 Å². The smallest absolute Gasteiger partial charge is 0.193 e. The number of benzene rings is 2. The van der Waals surface area contributed by atoms with E-state index >= 15 is 0 Å². The monoisotopic (exact) mass is 226 g/mol. The summed E-state index contributed by atoms with van der Waals surface area (Å²) in [6, 6.07) is 14.1. The third kappa shape index (κ3) is 2.36. The van der Waals surface area contributed by atoms with Crippen molar-refractivity contribution in [3.05, 3.63) is 65.2 Å². The average Bonchev–Trinajstić information content (AvgIpc) is 2.39. The van der Waals surface area contributed by atoms with Gasteiger partial charge >= 0.3 is 0 Å². The Morgan fingerprint density at radius 2 is 1.82 bits per heavy atom. The lowest BCUT2D eigenvalue weighted by molar-refractivity contribution is 0.103. The maximum Gasteiger partial charge on any atom is 0.193 e. The van der Waals surface area contributed by atoms with Crippen LogP contribution in [0.25, 0.3) is 0 Å². The quantitative estimate of drug-likeness (QED) is 0.816. The summed E-state index contributed by atoms with van der Waals surface area (Å²) in [6.07, 6.45) is 0.725. The summed E-state index contributed by atoms with van der Waals surface area (Å²) in [6.45, 7) is 1.97. The van der Waals surface area contributed by atoms with Gasteiger partial charge in [-0.25, -0.2) is 0 Å². The predicted octanol–water partition coefficient (Wildman–Crippen LogP) is 3.19. The summed E-state index contributed by atoms with van der Waals surface area (Å²) in [5.41, 5.74) is 2.21. The van der Waals surface area contributed by atoms with Crippen LogP contribution in [0.1, 0.15) is 28.4 Å². The molecule has 86 valence electrons. The molecule has 0 atom stereocenters. The van der Waals surface area contributed by atoms with Crippen LogP contribution in [0, 0.1) is 0 Å². The van der Waals surface area contributed by atoms with Crippen molar-refractivity contribution in [1.29, 1.82) is 0 Å². The van der Waals surface area contributed by atoms with E-state index in [2.05, 4.69) is 0 Å². The van der Waals surface area contributed by atoms with Gasteiger partial charge < -0.3 is 5.11 Å². The van der Waals surface area contributed by atoms with Crippen LogP contribution in [0.4, 0.5) is 0 Å². The Hall–Kier alpha value is -2.09. The standard InChI is InChI=1S/C15H14O2/c1-2-11-10-13(16)8-9-14(11)15(17)12-6-4-3-5-7-12/h3-10,16H,2H2,1H3. The fourth-order valence-electron chi connectivity index (χ4n) is 1.84. The molecule has 0 radical (unpaired) electrons. The molecule has 2 heteroatoms. The van der Waals surface area contributed by atoms with E-state index in [-0.39, 0.29) is 11.5 Å². The van der Waals surface area contributed by atoms with E-state index in [4.69, 9.17) is 0 Å². The Kier molecular flexibility index (Phi) is 3.24. The van der Waals surface area contributed by atoms with Crippen molar-refractivity contribution in [2.24, 2.45) is 0 Å². The summed E-state index contributed by atoms with van der Waals surface area (Å²) in [4.78, 5) is 12.3. The lowest BCUT2D eigenvalue weighted by Gasteiger charge is -2.07. The molecule has 2 nitrogen and oxygen atoms in total. The highest BCUT2D eigenvalue weighted by atomic mass is 16.3. The molecular formula is C15H14O2. The first-order chi connectivity index (χ1) is 8.22. The molecule has 0 aliphatic heterocycles. The fourth-order valence-corrected chi connectivity index (χ4v) is 1.84. The highest BCUT2D eigenvalue weighted by Gasteiger charge is 2.12. The second-order valence-electron chi connectivity index (χ2n) is 3.89. The number of hydrogen-bond donors (Lipinski definition) is 1. The third-order valence-electron chi connectivity index (χ3n) is 2.75. The summed E-state index contributed by atoms with van der Waals surface area (Å²) in [5, 5.41) is 9.41. The van der Waals surface area contributed by atoms with Crippen molar-refractivity contribution in [2.45, 2.75) is 13.3 Å². The molecule has 0 bridgehead atoms. The van der Waals surface area contributed by atoms with E-state index in [9.17, 15) is 9.90 Å². The van der Waals surface area contributed by atoms with Crippen LogP contribution < -0.4 is 0 Å². The first kappa shape index (κ1) is 11.4. The number of aryl methyl sites for hydroxylation is 1. The molecular weight excluding hydrogens is 212 g/mol. The van der Waals surface area contributed by atoms with Gasteiger partial charge in [-0.3, -0.25) is 4.79 Å². The number of carbonyl (C=O) groups is 1. The van der Waals surface area contributed by atoms with E-state index in [1.165, 1.54) is 0 Å². The largest absolute Gasteiger partial charge is 0.508 e. The molecule has 2 aromatic carbocycles. The normalized spacial score (nSPS) is 10.2. The maximum atomic E-state index is 12.3. The van der Waals surface area contributed by atoms with Crippen molar-refractivity contribution in [3.63, 3.8) is 0 Å². The van der Waals surface area contributed by atoms with E-state index in [0.29, 0.717) is 11.1 Å². The molecule has 0 aromatic heterocycles. The Morgan fingerprint density at radius 3 is 2.47 bits per heavy atom. The molecule has 1 N–H and O–H groups in total. The summed E-state index contributed by atoms with van der Waals surface area (Å²) < 4.78 is 0. The summed E-state index contributed by atoms with van der Waals surface area (Å²) >= 11 is 0. The summed E-state index contributed by atoms with van der Waals surface area (Å²) in [5.74, 6) is 0.203. The van der Waals surface area contributed by atoms with Crippen molar-refractivity contribution >= 4 is 5.78 Å². The molecule has 0 aliphatic carbocycles. The maximum absolute atomic E-state index is 12.3. The van der Waals surface area contributed by atoms with Crippen LogP contribution in [0.3, 0.4) is 0 Å². The number of rotatable bonds is 3. The molecule has 17 heavy (non-hydrogen) atoms. The van der Waals surface area contributed by atoms with Gasteiger partial charge in [-0.05, 0) is 30.2 Å². The van der Waals surface area contributed by atoms with Gasteiger partial charge in [0.15, 0.2) is 5.78 Å². The molecule has 0 saturated heterocycles.